The van der Waals surface area contributed by atoms with Crippen molar-refractivity contribution in [2.24, 2.45) is 0 Å². The van der Waals surface area contributed by atoms with E-state index in [4.69, 9.17) is 4.52 Å². The molecule has 150 valence electrons. The van der Waals surface area contributed by atoms with Crippen molar-refractivity contribution in [2.45, 2.75) is 44.1 Å². The minimum absolute atomic E-state index is 0.0142. The van der Waals surface area contributed by atoms with Crippen molar-refractivity contribution in [3.63, 3.8) is 0 Å². The SMILES string of the molecule is Cc1noc2ccc(C3(C(=O)N[C@H](CN4CCCC4)c4ccccc4)CC3)cc12. The summed E-state index contributed by atoms with van der Waals surface area (Å²) in [6.07, 6.45) is 4.27. The number of fused-ring (bicyclic) bond motifs is 1. The van der Waals surface area contributed by atoms with Crippen LogP contribution in [0.3, 0.4) is 0 Å². The van der Waals surface area contributed by atoms with Crippen LogP contribution < -0.4 is 5.32 Å². The number of nitrogens with one attached hydrogen (secondary N) is 1. The van der Waals surface area contributed by atoms with Gasteiger partial charge < -0.3 is 14.7 Å². The van der Waals surface area contributed by atoms with Gasteiger partial charge in [0.2, 0.25) is 5.91 Å². The Labute approximate surface area is 171 Å². The molecule has 1 aromatic heterocycles. The Hall–Kier alpha value is -2.66. The Kier molecular flexibility index (Phi) is 4.63. The lowest BCUT2D eigenvalue weighted by Crippen LogP contribution is -2.41. The molecule has 1 atom stereocenters. The standard InChI is InChI=1S/C24H27N3O2/c1-17-20-15-19(9-10-22(20)29-26-17)24(11-12-24)23(28)25-21(16-27-13-5-6-14-27)18-7-3-2-4-8-18/h2-4,7-10,15,21H,5-6,11-14,16H2,1H3,(H,25,28)/t21-/m1/s1. The first-order valence-electron chi connectivity index (χ1n) is 10.6. The van der Waals surface area contributed by atoms with Gasteiger partial charge in [-0.3, -0.25) is 4.79 Å². The second-order valence-corrected chi connectivity index (χ2v) is 8.51. The maximum atomic E-state index is 13.5. The number of benzene rings is 2. The van der Waals surface area contributed by atoms with Crippen LogP contribution in [0.1, 0.15) is 48.5 Å². The first-order chi connectivity index (χ1) is 14.2. The molecule has 1 amide bonds. The highest BCUT2D eigenvalue weighted by Gasteiger charge is 2.51. The van der Waals surface area contributed by atoms with E-state index in [-0.39, 0.29) is 11.9 Å². The van der Waals surface area contributed by atoms with Crippen LogP contribution in [0.15, 0.2) is 53.1 Å². The normalized spacial score (nSPS) is 19.3. The molecule has 0 spiro atoms. The fourth-order valence-corrected chi connectivity index (χ4v) is 4.57. The molecule has 0 radical (unpaired) electrons. The summed E-state index contributed by atoms with van der Waals surface area (Å²) in [5.41, 5.74) is 3.47. The maximum absolute atomic E-state index is 13.5. The Morgan fingerprint density at radius 2 is 1.93 bits per heavy atom. The highest BCUT2D eigenvalue weighted by atomic mass is 16.5. The number of aryl methyl sites for hydroxylation is 1. The van der Waals surface area contributed by atoms with Crippen LogP contribution in [0.25, 0.3) is 11.0 Å². The van der Waals surface area contributed by atoms with E-state index < -0.39 is 5.41 Å². The molecular weight excluding hydrogens is 362 g/mol. The van der Waals surface area contributed by atoms with Crippen molar-refractivity contribution in [1.82, 2.24) is 15.4 Å². The molecule has 0 bridgehead atoms. The van der Waals surface area contributed by atoms with Gasteiger partial charge in [0, 0.05) is 11.9 Å². The topological polar surface area (TPSA) is 58.4 Å². The molecule has 1 N–H and O–H groups in total. The van der Waals surface area contributed by atoms with Crippen molar-refractivity contribution in [2.75, 3.05) is 19.6 Å². The number of carbonyl (C=O) groups is 1. The number of nitrogens with zero attached hydrogens (tertiary/aromatic N) is 2. The highest BCUT2D eigenvalue weighted by Crippen LogP contribution is 2.49. The van der Waals surface area contributed by atoms with E-state index in [0.29, 0.717) is 0 Å². The molecule has 2 heterocycles. The van der Waals surface area contributed by atoms with Gasteiger partial charge in [0.25, 0.3) is 0 Å². The third kappa shape index (κ3) is 3.44. The number of likely N-dealkylation sites (tertiary alicyclic amines) is 1. The molecule has 2 fully saturated rings. The summed E-state index contributed by atoms with van der Waals surface area (Å²) in [4.78, 5) is 15.9. The van der Waals surface area contributed by atoms with Crippen molar-refractivity contribution >= 4 is 16.9 Å². The van der Waals surface area contributed by atoms with E-state index in [1.165, 1.54) is 18.4 Å². The minimum Gasteiger partial charge on any atom is -0.356 e. The van der Waals surface area contributed by atoms with Crippen molar-refractivity contribution in [3.05, 3.63) is 65.4 Å². The minimum atomic E-state index is -0.421. The second kappa shape index (κ2) is 7.30. The Bertz CT molecular complexity index is 1020. The maximum Gasteiger partial charge on any atom is 0.231 e. The smallest absolute Gasteiger partial charge is 0.231 e. The third-order valence-corrected chi connectivity index (χ3v) is 6.53. The Balaban J connectivity index is 1.40. The fraction of sp³-hybridized carbons (Fsp3) is 0.417. The van der Waals surface area contributed by atoms with Gasteiger partial charge in [0.1, 0.15) is 0 Å². The molecule has 1 aliphatic heterocycles. The Morgan fingerprint density at radius 1 is 1.17 bits per heavy atom. The quantitative estimate of drug-likeness (QED) is 0.689. The zero-order valence-electron chi connectivity index (χ0n) is 16.9. The van der Waals surface area contributed by atoms with Gasteiger partial charge in [-0.15, -0.1) is 0 Å². The summed E-state index contributed by atoms with van der Waals surface area (Å²) in [6, 6.07) is 16.4. The summed E-state index contributed by atoms with van der Waals surface area (Å²) in [5.74, 6) is 0.138. The van der Waals surface area contributed by atoms with Gasteiger partial charge in [0.15, 0.2) is 5.58 Å². The molecular formula is C24H27N3O2. The third-order valence-electron chi connectivity index (χ3n) is 6.53. The average Bonchev–Trinajstić information content (AvgIpc) is 3.26. The lowest BCUT2D eigenvalue weighted by molar-refractivity contribution is -0.124. The van der Waals surface area contributed by atoms with Crippen LogP contribution in [0.5, 0.6) is 0 Å². The second-order valence-electron chi connectivity index (χ2n) is 8.51. The number of aromatic nitrogens is 1. The molecule has 3 aromatic rings. The first kappa shape index (κ1) is 18.4. The number of amides is 1. The molecule has 1 saturated heterocycles. The number of hydrogen-bond acceptors (Lipinski definition) is 4. The molecule has 1 aliphatic carbocycles. The van der Waals surface area contributed by atoms with E-state index in [1.54, 1.807) is 0 Å². The van der Waals surface area contributed by atoms with Gasteiger partial charge in [-0.25, -0.2) is 0 Å². The molecule has 5 heteroatoms. The summed E-state index contributed by atoms with van der Waals surface area (Å²) in [7, 11) is 0. The zero-order valence-corrected chi connectivity index (χ0v) is 16.9. The first-order valence-corrected chi connectivity index (χ1v) is 10.6. The van der Waals surface area contributed by atoms with Crippen LogP contribution in [0, 0.1) is 6.92 Å². The van der Waals surface area contributed by atoms with Crippen LogP contribution in [0.2, 0.25) is 0 Å². The largest absolute Gasteiger partial charge is 0.356 e. The van der Waals surface area contributed by atoms with Crippen LogP contribution in [-0.2, 0) is 10.2 Å². The van der Waals surface area contributed by atoms with Crippen LogP contribution in [0.4, 0.5) is 0 Å². The van der Waals surface area contributed by atoms with Gasteiger partial charge in [0.05, 0.1) is 17.2 Å². The Morgan fingerprint density at radius 3 is 2.66 bits per heavy atom. The molecule has 2 aromatic carbocycles. The number of rotatable bonds is 6. The van der Waals surface area contributed by atoms with E-state index in [1.807, 2.05) is 37.3 Å². The van der Waals surface area contributed by atoms with E-state index in [2.05, 4.69) is 33.6 Å². The predicted octanol–water partition coefficient (Wildman–Crippen LogP) is 4.12. The molecule has 2 aliphatic rings. The summed E-state index contributed by atoms with van der Waals surface area (Å²) < 4.78 is 5.34. The lowest BCUT2D eigenvalue weighted by atomic mass is 9.92. The van der Waals surface area contributed by atoms with E-state index in [0.717, 1.165) is 54.7 Å². The zero-order chi connectivity index (χ0) is 19.8. The van der Waals surface area contributed by atoms with Gasteiger partial charge in [-0.05, 0) is 69.0 Å². The lowest BCUT2D eigenvalue weighted by Gasteiger charge is -2.27. The summed E-state index contributed by atoms with van der Waals surface area (Å²) >= 11 is 0. The van der Waals surface area contributed by atoms with E-state index in [9.17, 15) is 4.79 Å². The monoisotopic (exact) mass is 389 g/mol. The fourth-order valence-electron chi connectivity index (χ4n) is 4.57. The highest BCUT2D eigenvalue weighted by molar-refractivity contribution is 5.93. The van der Waals surface area contributed by atoms with Gasteiger partial charge in [-0.1, -0.05) is 41.6 Å². The summed E-state index contributed by atoms with van der Waals surface area (Å²) in [5, 5.41) is 8.45. The molecule has 5 rings (SSSR count). The van der Waals surface area contributed by atoms with Crippen molar-refractivity contribution in [1.29, 1.82) is 0 Å². The van der Waals surface area contributed by atoms with Crippen LogP contribution in [-0.4, -0.2) is 35.6 Å². The van der Waals surface area contributed by atoms with Crippen LogP contribution >= 0.6 is 0 Å². The number of carbonyl (C=O) groups excluding carboxylic acids is 1. The molecule has 5 nitrogen and oxygen atoms in total. The van der Waals surface area contributed by atoms with Crippen molar-refractivity contribution in [3.8, 4) is 0 Å². The van der Waals surface area contributed by atoms with Gasteiger partial charge >= 0.3 is 0 Å². The average molecular weight is 389 g/mol. The number of hydrogen-bond donors (Lipinski definition) is 1. The van der Waals surface area contributed by atoms with Gasteiger partial charge in [-0.2, -0.15) is 0 Å². The summed E-state index contributed by atoms with van der Waals surface area (Å²) in [6.45, 7) is 5.05. The molecule has 29 heavy (non-hydrogen) atoms. The van der Waals surface area contributed by atoms with E-state index >= 15 is 0 Å². The molecule has 0 unspecified atom stereocenters. The predicted molar refractivity (Wildman–Crippen MR) is 113 cm³/mol. The molecule has 1 saturated carbocycles. The van der Waals surface area contributed by atoms with Crippen molar-refractivity contribution < 1.29 is 9.32 Å².